The molecular formula is C21H31NO7. The van der Waals surface area contributed by atoms with Crippen molar-refractivity contribution in [2.45, 2.75) is 27.2 Å². The first-order chi connectivity index (χ1) is 13.9. The van der Waals surface area contributed by atoms with Crippen LogP contribution in [0.15, 0.2) is 43.9 Å². The van der Waals surface area contributed by atoms with Gasteiger partial charge in [-0.3, -0.25) is 4.79 Å². The van der Waals surface area contributed by atoms with Gasteiger partial charge >= 0.3 is 0 Å². The van der Waals surface area contributed by atoms with E-state index in [2.05, 4.69) is 18.5 Å². The molecule has 0 fully saturated rings. The second-order valence-corrected chi connectivity index (χ2v) is 6.46. The standard InChI is InChI=1S/C21H31NO7/c1-6-21(4,5)20(23)22-11-12-26-16-27-17-9-10-18(28-14-24-7-2)19(13-17)29-15-25-8-3/h7-10,13H,2-3,6,11-12,14-16H2,1,4-5H3,(H,22,23). The maximum atomic E-state index is 12.0. The van der Waals surface area contributed by atoms with Crippen molar-refractivity contribution in [3.63, 3.8) is 0 Å². The molecule has 29 heavy (non-hydrogen) atoms. The molecule has 8 nitrogen and oxygen atoms in total. The first-order valence-electron chi connectivity index (χ1n) is 9.28. The summed E-state index contributed by atoms with van der Waals surface area (Å²) in [5.41, 5.74) is -0.386. The van der Waals surface area contributed by atoms with Crippen LogP contribution in [0.5, 0.6) is 17.2 Å². The van der Waals surface area contributed by atoms with E-state index in [1.165, 1.54) is 12.5 Å². The van der Waals surface area contributed by atoms with Gasteiger partial charge in [-0.1, -0.05) is 33.9 Å². The Balaban J connectivity index is 2.46. The second-order valence-electron chi connectivity index (χ2n) is 6.46. The van der Waals surface area contributed by atoms with Crippen LogP contribution in [0.3, 0.4) is 0 Å². The van der Waals surface area contributed by atoms with E-state index in [0.717, 1.165) is 6.42 Å². The van der Waals surface area contributed by atoms with Gasteiger partial charge in [-0.25, -0.2) is 0 Å². The van der Waals surface area contributed by atoms with Crippen molar-refractivity contribution >= 4 is 5.91 Å². The SMILES string of the molecule is C=COCOc1ccc(OCOCCNC(=O)C(C)(C)CC)cc1OCOC=C. The molecule has 0 spiro atoms. The molecule has 0 bridgehead atoms. The lowest BCUT2D eigenvalue weighted by Gasteiger charge is -2.21. The van der Waals surface area contributed by atoms with Gasteiger partial charge in [0.05, 0.1) is 19.1 Å². The molecule has 0 aliphatic rings. The Labute approximate surface area is 172 Å². The highest BCUT2D eigenvalue weighted by Gasteiger charge is 2.24. The average molecular weight is 409 g/mol. The quantitative estimate of drug-likeness (QED) is 0.254. The number of nitrogens with one attached hydrogen (secondary N) is 1. The summed E-state index contributed by atoms with van der Waals surface area (Å²) in [6.07, 6.45) is 3.32. The van der Waals surface area contributed by atoms with Crippen LogP contribution in [-0.2, 0) is 19.0 Å². The Morgan fingerprint density at radius 2 is 1.69 bits per heavy atom. The van der Waals surface area contributed by atoms with Crippen molar-refractivity contribution in [3.05, 3.63) is 43.9 Å². The molecule has 8 heteroatoms. The normalized spacial score (nSPS) is 10.6. The molecule has 0 atom stereocenters. The van der Waals surface area contributed by atoms with Crippen molar-refractivity contribution in [1.82, 2.24) is 5.32 Å². The van der Waals surface area contributed by atoms with Gasteiger partial charge < -0.3 is 33.7 Å². The van der Waals surface area contributed by atoms with E-state index >= 15 is 0 Å². The molecular weight excluding hydrogens is 378 g/mol. The Kier molecular flexibility index (Phi) is 11.1. The third-order valence-corrected chi connectivity index (χ3v) is 4.06. The van der Waals surface area contributed by atoms with Crippen LogP contribution in [0.1, 0.15) is 27.2 Å². The van der Waals surface area contributed by atoms with E-state index < -0.39 is 0 Å². The molecule has 1 aromatic carbocycles. The number of amides is 1. The van der Waals surface area contributed by atoms with E-state index in [9.17, 15) is 4.79 Å². The first-order valence-corrected chi connectivity index (χ1v) is 9.28. The largest absolute Gasteiger partial charge is 0.467 e. The Bertz CT molecular complexity index is 646. The van der Waals surface area contributed by atoms with Crippen LogP contribution >= 0.6 is 0 Å². The van der Waals surface area contributed by atoms with Gasteiger partial charge in [-0.15, -0.1) is 0 Å². The zero-order valence-electron chi connectivity index (χ0n) is 17.4. The van der Waals surface area contributed by atoms with Crippen LogP contribution in [0.4, 0.5) is 0 Å². The smallest absolute Gasteiger partial charge is 0.230 e. The molecule has 1 aromatic rings. The molecule has 0 aromatic heterocycles. The van der Waals surface area contributed by atoms with E-state index in [1.54, 1.807) is 18.2 Å². The molecule has 0 aliphatic carbocycles. The predicted octanol–water partition coefficient (Wildman–Crippen LogP) is 3.58. The third-order valence-electron chi connectivity index (χ3n) is 4.06. The second kappa shape index (κ2) is 13.3. The van der Waals surface area contributed by atoms with E-state index in [1.807, 2.05) is 20.8 Å². The Morgan fingerprint density at radius 3 is 2.31 bits per heavy atom. The summed E-state index contributed by atoms with van der Waals surface area (Å²) in [5.74, 6) is 1.39. The van der Waals surface area contributed by atoms with Crippen LogP contribution in [-0.4, -0.2) is 39.4 Å². The number of carbonyl (C=O) groups is 1. The summed E-state index contributed by atoms with van der Waals surface area (Å²) in [5, 5.41) is 2.85. The van der Waals surface area contributed by atoms with Gasteiger partial charge in [0.1, 0.15) is 5.75 Å². The van der Waals surface area contributed by atoms with Crippen molar-refractivity contribution in [1.29, 1.82) is 0 Å². The van der Waals surface area contributed by atoms with Gasteiger partial charge in [-0.2, -0.15) is 0 Å². The monoisotopic (exact) mass is 409 g/mol. The van der Waals surface area contributed by atoms with Crippen molar-refractivity contribution in [3.8, 4) is 17.2 Å². The van der Waals surface area contributed by atoms with Gasteiger partial charge in [-0.05, 0) is 18.6 Å². The van der Waals surface area contributed by atoms with E-state index in [4.69, 9.17) is 28.4 Å². The highest BCUT2D eigenvalue weighted by Crippen LogP contribution is 2.31. The van der Waals surface area contributed by atoms with Crippen molar-refractivity contribution in [2.75, 3.05) is 33.5 Å². The van der Waals surface area contributed by atoms with Crippen molar-refractivity contribution in [2.24, 2.45) is 5.41 Å². The lowest BCUT2D eigenvalue weighted by Crippen LogP contribution is -2.38. The van der Waals surface area contributed by atoms with Crippen LogP contribution in [0, 0.1) is 5.41 Å². The number of rotatable bonds is 16. The lowest BCUT2D eigenvalue weighted by molar-refractivity contribution is -0.129. The number of hydrogen-bond acceptors (Lipinski definition) is 7. The zero-order chi connectivity index (χ0) is 21.5. The molecule has 0 aliphatic heterocycles. The fraction of sp³-hybridized carbons (Fsp3) is 0.476. The molecule has 1 N–H and O–H groups in total. The predicted molar refractivity (Wildman–Crippen MR) is 109 cm³/mol. The number of benzene rings is 1. The van der Waals surface area contributed by atoms with Gasteiger partial charge in [0.15, 0.2) is 18.3 Å². The first kappa shape index (κ1) is 24.2. The lowest BCUT2D eigenvalue weighted by atomic mass is 9.89. The summed E-state index contributed by atoms with van der Waals surface area (Å²) >= 11 is 0. The molecule has 0 saturated heterocycles. The summed E-state index contributed by atoms with van der Waals surface area (Å²) in [6.45, 7) is 13.4. The molecule has 0 radical (unpaired) electrons. The van der Waals surface area contributed by atoms with Crippen LogP contribution in [0.25, 0.3) is 0 Å². The van der Waals surface area contributed by atoms with Gasteiger partial charge in [0, 0.05) is 18.0 Å². The zero-order valence-corrected chi connectivity index (χ0v) is 17.4. The summed E-state index contributed by atoms with van der Waals surface area (Å²) in [4.78, 5) is 12.0. The summed E-state index contributed by atoms with van der Waals surface area (Å²) < 4.78 is 31.8. The average Bonchev–Trinajstić information content (AvgIpc) is 2.72. The molecule has 0 heterocycles. The molecule has 1 amide bonds. The minimum absolute atomic E-state index is 0.00377. The van der Waals surface area contributed by atoms with E-state index in [-0.39, 0.29) is 31.7 Å². The van der Waals surface area contributed by atoms with E-state index in [0.29, 0.717) is 30.4 Å². The highest BCUT2D eigenvalue weighted by molar-refractivity contribution is 5.81. The van der Waals surface area contributed by atoms with Crippen LogP contribution < -0.4 is 19.5 Å². The van der Waals surface area contributed by atoms with Crippen molar-refractivity contribution < 1.29 is 33.2 Å². The van der Waals surface area contributed by atoms with Gasteiger partial charge in [0.2, 0.25) is 19.5 Å². The Hall–Kier alpha value is -2.87. The fourth-order valence-corrected chi connectivity index (χ4v) is 1.91. The maximum Gasteiger partial charge on any atom is 0.230 e. The third kappa shape index (κ3) is 9.25. The highest BCUT2D eigenvalue weighted by atomic mass is 16.7. The molecule has 0 saturated carbocycles. The Morgan fingerprint density at radius 1 is 1.03 bits per heavy atom. The summed E-state index contributed by atoms with van der Waals surface area (Å²) in [6, 6.07) is 5.03. The number of carbonyl (C=O) groups excluding carboxylic acids is 1. The minimum atomic E-state index is -0.386. The summed E-state index contributed by atoms with van der Waals surface area (Å²) in [7, 11) is 0. The number of hydrogen-bond donors (Lipinski definition) is 1. The topological polar surface area (TPSA) is 84.5 Å². The molecule has 0 unspecified atom stereocenters. The minimum Gasteiger partial charge on any atom is -0.467 e. The van der Waals surface area contributed by atoms with Crippen LogP contribution in [0.2, 0.25) is 0 Å². The fourth-order valence-electron chi connectivity index (χ4n) is 1.91. The number of ether oxygens (including phenoxy) is 6. The molecule has 1 rings (SSSR count). The maximum absolute atomic E-state index is 12.0. The molecule has 162 valence electrons. The van der Waals surface area contributed by atoms with Gasteiger partial charge in [0.25, 0.3) is 0 Å².